The van der Waals surface area contributed by atoms with Crippen LogP contribution in [0.15, 0.2) is 29.3 Å². The minimum absolute atomic E-state index is 0. The maximum absolute atomic E-state index is 5.86. The Morgan fingerprint density at radius 3 is 2.43 bits per heavy atom. The predicted octanol–water partition coefficient (Wildman–Crippen LogP) is 3.79. The number of aliphatic imine (C=N–C) groups is 1. The average Bonchev–Trinajstić information content (AvgIpc) is 2.70. The van der Waals surface area contributed by atoms with Gasteiger partial charge in [-0.1, -0.05) is 37.6 Å². The van der Waals surface area contributed by atoms with Crippen LogP contribution in [0.2, 0.25) is 0 Å². The van der Waals surface area contributed by atoms with Crippen LogP contribution in [0.1, 0.15) is 51.2 Å². The zero-order valence-corrected chi connectivity index (χ0v) is 21.5. The van der Waals surface area contributed by atoms with Gasteiger partial charge in [0.1, 0.15) is 0 Å². The van der Waals surface area contributed by atoms with Crippen LogP contribution in [-0.4, -0.2) is 63.0 Å². The van der Waals surface area contributed by atoms with Gasteiger partial charge in [-0.15, -0.1) is 24.0 Å². The molecule has 0 aromatic heterocycles. The van der Waals surface area contributed by atoms with E-state index in [0.717, 1.165) is 64.7 Å². The van der Waals surface area contributed by atoms with Crippen molar-refractivity contribution in [1.82, 2.24) is 15.5 Å². The molecule has 7 heteroatoms. The molecule has 1 aliphatic rings. The summed E-state index contributed by atoms with van der Waals surface area (Å²) < 4.78 is 11.5. The quantitative estimate of drug-likeness (QED) is 0.197. The third-order valence-corrected chi connectivity index (χ3v) is 5.08. The third-order valence-electron chi connectivity index (χ3n) is 5.08. The van der Waals surface area contributed by atoms with Gasteiger partial charge in [0.15, 0.2) is 5.96 Å². The molecule has 0 aliphatic carbocycles. The van der Waals surface area contributed by atoms with E-state index < -0.39 is 0 Å². The smallest absolute Gasteiger partial charge is 0.191 e. The predicted molar refractivity (Wildman–Crippen MR) is 136 cm³/mol. The Hall–Kier alpha value is -0.900. The Kier molecular flexibility index (Phi) is 14.3. The number of ether oxygens (including phenoxy) is 2. The van der Waals surface area contributed by atoms with Crippen LogP contribution < -0.4 is 10.6 Å². The van der Waals surface area contributed by atoms with E-state index in [0.29, 0.717) is 0 Å². The molecule has 1 heterocycles. The zero-order chi connectivity index (χ0) is 20.9. The summed E-state index contributed by atoms with van der Waals surface area (Å²) in [4.78, 5) is 6.83. The van der Waals surface area contributed by atoms with Gasteiger partial charge in [-0.05, 0) is 37.8 Å². The lowest BCUT2D eigenvalue weighted by Gasteiger charge is -2.35. The number of rotatable bonds is 11. The minimum atomic E-state index is 0. The fourth-order valence-corrected chi connectivity index (χ4v) is 3.67. The number of nitrogens with zero attached hydrogens (tertiary/aromatic N) is 2. The van der Waals surface area contributed by atoms with Crippen molar-refractivity contribution in [2.24, 2.45) is 4.99 Å². The summed E-state index contributed by atoms with van der Waals surface area (Å²) in [6, 6.07) is 8.66. The highest BCUT2D eigenvalue weighted by Crippen LogP contribution is 2.17. The molecular formula is C23H41IN4O2. The number of guanidine groups is 1. The van der Waals surface area contributed by atoms with E-state index in [-0.39, 0.29) is 36.2 Å². The highest BCUT2D eigenvalue weighted by molar-refractivity contribution is 14.0. The average molecular weight is 533 g/mol. The number of morpholine rings is 1. The SMILES string of the molecule is CCCCOCCCNC(=NC)NCc1ccccc1CN1CC(C)OC(C)C1.I. The molecule has 30 heavy (non-hydrogen) atoms. The second-order valence-corrected chi connectivity index (χ2v) is 7.89. The van der Waals surface area contributed by atoms with E-state index in [4.69, 9.17) is 9.47 Å². The first kappa shape index (κ1) is 27.1. The van der Waals surface area contributed by atoms with Crippen LogP contribution in [0.4, 0.5) is 0 Å². The molecule has 2 N–H and O–H groups in total. The van der Waals surface area contributed by atoms with Crippen molar-refractivity contribution in [3.63, 3.8) is 0 Å². The Morgan fingerprint density at radius 2 is 1.77 bits per heavy atom. The molecule has 2 rings (SSSR count). The number of hydrogen-bond donors (Lipinski definition) is 2. The van der Waals surface area contributed by atoms with E-state index in [2.05, 4.69) is 65.6 Å². The number of nitrogens with one attached hydrogen (secondary N) is 2. The molecule has 2 unspecified atom stereocenters. The van der Waals surface area contributed by atoms with Crippen LogP contribution in [0.25, 0.3) is 0 Å². The van der Waals surface area contributed by atoms with E-state index in [1.54, 1.807) is 0 Å². The fraction of sp³-hybridized carbons (Fsp3) is 0.696. The number of halogens is 1. The minimum Gasteiger partial charge on any atom is -0.381 e. The molecule has 1 aromatic carbocycles. The second-order valence-electron chi connectivity index (χ2n) is 7.89. The van der Waals surface area contributed by atoms with Crippen molar-refractivity contribution in [1.29, 1.82) is 0 Å². The molecule has 0 radical (unpaired) electrons. The topological polar surface area (TPSA) is 58.1 Å². The summed E-state index contributed by atoms with van der Waals surface area (Å²) in [6.45, 7) is 12.7. The molecule has 0 saturated carbocycles. The maximum atomic E-state index is 5.86. The molecule has 0 spiro atoms. The van der Waals surface area contributed by atoms with Gasteiger partial charge in [-0.2, -0.15) is 0 Å². The van der Waals surface area contributed by atoms with Gasteiger partial charge in [0.2, 0.25) is 0 Å². The van der Waals surface area contributed by atoms with Gasteiger partial charge >= 0.3 is 0 Å². The van der Waals surface area contributed by atoms with Gasteiger partial charge in [0, 0.05) is 53.0 Å². The first-order chi connectivity index (χ1) is 14.1. The van der Waals surface area contributed by atoms with Crippen molar-refractivity contribution in [3.05, 3.63) is 35.4 Å². The zero-order valence-electron chi connectivity index (χ0n) is 19.2. The van der Waals surface area contributed by atoms with E-state index >= 15 is 0 Å². The Labute approximate surface area is 200 Å². The summed E-state index contributed by atoms with van der Waals surface area (Å²) in [5.74, 6) is 0.835. The summed E-state index contributed by atoms with van der Waals surface area (Å²) in [7, 11) is 1.81. The standard InChI is InChI=1S/C23H40N4O2.HI/c1-5-6-13-28-14-9-12-25-23(24-4)26-15-21-10-7-8-11-22(21)18-27-16-19(2)29-20(3)17-27;/h7-8,10-11,19-20H,5-6,9,12-18H2,1-4H3,(H2,24,25,26);1H. The van der Waals surface area contributed by atoms with Gasteiger partial charge in [0.25, 0.3) is 0 Å². The van der Waals surface area contributed by atoms with Crippen molar-refractivity contribution in [2.45, 2.75) is 65.3 Å². The summed E-state index contributed by atoms with van der Waals surface area (Å²) in [5.41, 5.74) is 2.67. The lowest BCUT2D eigenvalue weighted by Crippen LogP contribution is -2.45. The van der Waals surface area contributed by atoms with Crippen molar-refractivity contribution in [3.8, 4) is 0 Å². The van der Waals surface area contributed by atoms with E-state index in [9.17, 15) is 0 Å². The van der Waals surface area contributed by atoms with Crippen LogP contribution in [0, 0.1) is 0 Å². The normalized spacial score (nSPS) is 19.9. The van der Waals surface area contributed by atoms with E-state index in [1.165, 1.54) is 17.5 Å². The molecule has 1 saturated heterocycles. The van der Waals surface area contributed by atoms with Crippen LogP contribution in [-0.2, 0) is 22.6 Å². The summed E-state index contributed by atoms with van der Waals surface area (Å²) in [5, 5.41) is 6.82. The first-order valence-corrected chi connectivity index (χ1v) is 11.1. The molecule has 2 atom stereocenters. The first-order valence-electron chi connectivity index (χ1n) is 11.1. The number of unbranched alkanes of at least 4 members (excludes halogenated alkanes) is 1. The van der Waals surface area contributed by atoms with Crippen LogP contribution >= 0.6 is 24.0 Å². The number of benzene rings is 1. The Bertz CT molecular complexity index is 605. The van der Waals surface area contributed by atoms with E-state index in [1.807, 2.05) is 7.05 Å². The molecule has 1 fully saturated rings. The largest absolute Gasteiger partial charge is 0.381 e. The highest BCUT2D eigenvalue weighted by Gasteiger charge is 2.22. The third kappa shape index (κ3) is 10.4. The molecule has 0 bridgehead atoms. The van der Waals surface area contributed by atoms with Crippen molar-refractivity contribution >= 4 is 29.9 Å². The Balaban J connectivity index is 0.00000450. The molecule has 1 aromatic rings. The lowest BCUT2D eigenvalue weighted by molar-refractivity contribution is -0.0705. The van der Waals surface area contributed by atoms with Crippen LogP contribution in [0.5, 0.6) is 0 Å². The monoisotopic (exact) mass is 532 g/mol. The van der Waals surface area contributed by atoms with Gasteiger partial charge < -0.3 is 20.1 Å². The van der Waals surface area contributed by atoms with Gasteiger partial charge in [-0.25, -0.2) is 0 Å². The maximum Gasteiger partial charge on any atom is 0.191 e. The Morgan fingerprint density at radius 1 is 1.10 bits per heavy atom. The van der Waals surface area contributed by atoms with Gasteiger partial charge in [-0.3, -0.25) is 9.89 Å². The van der Waals surface area contributed by atoms with Crippen molar-refractivity contribution in [2.75, 3.05) is 39.9 Å². The lowest BCUT2D eigenvalue weighted by atomic mass is 10.1. The van der Waals surface area contributed by atoms with Crippen LogP contribution in [0.3, 0.4) is 0 Å². The second kappa shape index (κ2) is 15.8. The fourth-order valence-electron chi connectivity index (χ4n) is 3.67. The molecular weight excluding hydrogens is 491 g/mol. The molecule has 1 aliphatic heterocycles. The molecule has 0 amide bonds. The molecule has 6 nitrogen and oxygen atoms in total. The van der Waals surface area contributed by atoms with Crippen molar-refractivity contribution < 1.29 is 9.47 Å². The summed E-state index contributed by atoms with van der Waals surface area (Å²) >= 11 is 0. The molecule has 172 valence electrons. The highest BCUT2D eigenvalue weighted by atomic mass is 127. The number of hydrogen-bond acceptors (Lipinski definition) is 4. The summed E-state index contributed by atoms with van der Waals surface area (Å²) in [6.07, 6.45) is 3.88. The van der Waals surface area contributed by atoms with Gasteiger partial charge in [0.05, 0.1) is 12.2 Å².